The van der Waals surface area contributed by atoms with Gasteiger partial charge < -0.3 is 14.9 Å². The molecule has 2 aliphatic carbocycles. The Hall–Kier alpha value is -3.27. The van der Waals surface area contributed by atoms with E-state index in [0.29, 0.717) is 12.2 Å². The quantitative estimate of drug-likeness (QED) is 0.280. The second-order valence-corrected chi connectivity index (χ2v) is 10.9. The zero-order valence-electron chi connectivity index (χ0n) is 22.2. The summed E-state index contributed by atoms with van der Waals surface area (Å²) in [6.07, 6.45) is 11.7. The van der Waals surface area contributed by atoms with Crippen LogP contribution < -0.4 is 4.74 Å². The zero-order valence-corrected chi connectivity index (χ0v) is 22.2. The molecule has 1 saturated carbocycles. The summed E-state index contributed by atoms with van der Waals surface area (Å²) in [4.78, 5) is 0. The second kappa shape index (κ2) is 12.5. The van der Waals surface area contributed by atoms with Crippen molar-refractivity contribution in [2.75, 3.05) is 6.67 Å². The van der Waals surface area contributed by atoms with Gasteiger partial charge in [-0.2, -0.15) is 0 Å². The number of unbranched alkanes of at least 4 members (excludes halogenated alkanes) is 2. The van der Waals surface area contributed by atoms with Crippen LogP contribution in [0.3, 0.4) is 0 Å². The number of hydrogen-bond acceptors (Lipinski definition) is 3. The van der Waals surface area contributed by atoms with Crippen molar-refractivity contribution in [1.82, 2.24) is 0 Å². The summed E-state index contributed by atoms with van der Waals surface area (Å²) >= 11 is 0. The molecule has 0 atom stereocenters. The second-order valence-electron chi connectivity index (χ2n) is 10.9. The lowest BCUT2D eigenvalue weighted by molar-refractivity contribution is 0.127. The van der Waals surface area contributed by atoms with E-state index in [2.05, 4.69) is 30.3 Å². The van der Waals surface area contributed by atoms with E-state index in [1.807, 2.05) is 24.3 Å². The number of fused-ring (bicyclic) bond motifs is 1. The smallest absolute Gasteiger partial charge is 0.119 e. The first kappa shape index (κ1) is 26.3. The third-order valence-electron chi connectivity index (χ3n) is 8.21. The summed E-state index contributed by atoms with van der Waals surface area (Å²) in [5.74, 6) is 2.22. The van der Waals surface area contributed by atoms with Gasteiger partial charge in [-0.15, -0.1) is 0 Å². The fourth-order valence-electron chi connectivity index (χ4n) is 6.22. The maximum Gasteiger partial charge on any atom is 0.119 e. The van der Waals surface area contributed by atoms with E-state index in [4.69, 9.17) is 4.74 Å². The standard InChI is InChI=1S/C34H39FO3/c35-21-3-1-2-6-24-11-16-30(17-12-24)38-31-18-13-25(14-19-31)34-32(26-7-4-9-28(36)22-26)10-5-8-27-23-29(37)15-20-33(27)34/h4,7,9,13-15,18-20,22-24,30,36-37H,1-3,5-6,8,10-12,16-17,21H2. The van der Waals surface area contributed by atoms with Gasteiger partial charge in [0.2, 0.25) is 0 Å². The summed E-state index contributed by atoms with van der Waals surface area (Å²) in [5, 5.41) is 20.3. The molecule has 0 radical (unpaired) electrons. The number of allylic oxidation sites excluding steroid dienone is 1. The molecule has 38 heavy (non-hydrogen) atoms. The molecule has 4 heteroatoms. The van der Waals surface area contributed by atoms with E-state index >= 15 is 0 Å². The monoisotopic (exact) mass is 514 g/mol. The van der Waals surface area contributed by atoms with Crippen molar-refractivity contribution in [1.29, 1.82) is 0 Å². The van der Waals surface area contributed by atoms with Crippen LogP contribution in [0.1, 0.15) is 86.5 Å². The van der Waals surface area contributed by atoms with Gasteiger partial charge in [0.1, 0.15) is 17.2 Å². The van der Waals surface area contributed by atoms with Gasteiger partial charge in [-0.25, -0.2) is 0 Å². The summed E-state index contributed by atoms with van der Waals surface area (Å²) < 4.78 is 18.7. The Morgan fingerprint density at radius 3 is 2.32 bits per heavy atom. The Bertz CT molecular complexity index is 1240. The highest BCUT2D eigenvalue weighted by Gasteiger charge is 2.23. The van der Waals surface area contributed by atoms with Crippen molar-refractivity contribution in [2.45, 2.75) is 76.7 Å². The number of rotatable bonds is 9. The van der Waals surface area contributed by atoms with Crippen LogP contribution in [0, 0.1) is 5.92 Å². The summed E-state index contributed by atoms with van der Waals surface area (Å²) in [6.45, 7) is -0.191. The van der Waals surface area contributed by atoms with Gasteiger partial charge in [-0.1, -0.05) is 49.6 Å². The van der Waals surface area contributed by atoms with Gasteiger partial charge in [0.25, 0.3) is 0 Å². The van der Waals surface area contributed by atoms with Gasteiger partial charge >= 0.3 is 0 Å². The molecule has 0 unspecified atom stereocenters. The first-order chi connectivity index (χ1) is 18.6. The van der Waals surface area contributed by atoms with Crippen LogP contribution >= 0.6 is 0 Å². The third-order valence-corrected chi connectivity index (χ3v) is 8.21. The molecule has 0 aliphatic heterocycles. The van der Waals surface area contributed by atoms with E-state index in [1.54, 1.807) is 12.1 Å². The number of alkyl halides is 1. The minimum Gasteiger partial charge on any atom is -0.508 e. The molecule has 2 aliphatic rings. The van der Waals surface area contributed by atoms with Crippen molar-refractivity contribution >= 4 is 11.1 Å². The number of aromatic hydroxyl groups is 2. The van der Waals surface area contributed by atoms with Crippen LogP contribution in [0.2, 0.25) is 0 Å². The maximum absolute atomic E-state index is 12.3. The molecule has 200 valence electrons. The molecule has 2 N–H and O–H groups in total. The van der Waals surface area contributed by atoms with Gasteiger partial charge in [0.05, 0.1) is 12.8 Å². The maximum atomic E-state index is 12.3. The van der Waals surface area contributed by atoms with Crippen molar-refractivity contribution in [3.8, 4) is 17.2 Å². The van der Waals surface area contributed by atoms with Crippen molar-refractivity contribution < 1.29 is 19.3 Å². The average Bonchev–Trinajstić information content (AvgIpc) is 3.12. The van der Waals surface area contributed by atoms with E-state index in [-0.39, 0.29) is 18.5 Å². The van der Waals surface area contributed by atoms with Crippen LogP contribution in [0.25, 0.3) is 11.1 Å². The lowest BCUT2D eigenvalue weighted by atomic mass is 9.84. The molecular weight excluding hydrogens is 475 g/mol. The van der Waals surface area contributed by atoms with Gasteiger partial charge in [-0.05, 0) is 127 Å². The average molecular weight is 515 g/mol. The lowest BCUT2D eigenvalue weighted by Gasteiger charge is -2.29. The number of hydrogen-bond donors (Lipinski definition) is 2. The molecule has 0 amide bonds. The summed E-state index contributed by atoms with van der Waals surface area (Å²) in [7, 11) is 0. The van der Waals surface area contributed by atoms with Crippen molar-refractivity contribution in [3.63, 3.8) is 0 Å². The highest BCUT2D eigenvalue weighted by atomic mass is 19.1. The Labute approximate surface area is 226 Å². The lowest BCUT2D eigenvalue weighted by Crippen LogP contribution is -2.24. The Morgan fingerprint density at radius 2 is 1.55 bits per heavy atom. The predicted molar refractivity (Wildman–Crippen MR) is 152 cm³/mol. The van der Waals surface area contributed by atoms with E-state index in [9.17, 15) is 14.6 Å². The topological polar surface area (TPSA) is 49.7 Å². The number of aryl methyl sites for hydroxylation is 1. The molecule has 0 aromatic heterocycles. The molecule has 0 heterocycles. The molecule has 5 rings (SSSR count). The highest BCUT2D eigenvalue weighted by Crippen LogP contribution is 2.41. The largest absolute Gasteiger partial charge is 0.508 e. The molecule has 3 aromatic carbocycles. The zero-order chi connectivity index (χ0) is 26.3. The molecule has 0 saturated heterocycles. The van der Waals surface area contributed by atoms with Crippen molar-refractivity contribution in [2.24, 2.45) is 5.92 Å². The van der Waals surface area contributed by atoms with E-state index in [0.717, 1.165) is 84.4 Å². The van der Waals surface area contributed by atoms with Crippen LogP contribution in [-0.2, 0) is 6.42 Å². The number of phenols is 2. The number of benzene rings is 3. The van der Waals surface area contributed by atoms with Crippen LogP contribution in [-0.4, -0.2) is 23.0 Å². The Balaban J connectivity index is 1.35. The van der Waals surface area contributed by atoms with E-state index in [1.165, 1.54) is 24.8 Å². The number of halogens is 1. The van der Waals surface area contributed by atoms with Gasteiger partial charge in [-0.3, -0.25) is 4.39 Å². The molecular formula is C34H39FO3. The summed E-state index contributed by atoms with van der Waals surface area (Å²) in [5.41, 5.74) is 6.80. The highest BCUT2D eigenvalue weighted by molar-refractivity contribution is 6.00. The minimum absolute atomic E-state index is 0.191. The molecule has 3 aromatic rings. The van der Waals surface area contributed by atoms with Crippen LogP contribution in [0.4, 0.5) is 4.39 Å². The van der Waals surface area contributed by atoms with Crippen molar-refractivity contribution in [3.05, 3.63) is 89.0 Å². The normalized spacial score (nSPS) is 19.6. The Kier molecular flexibility index (Phi) is 8.68. The summed E-state index contributed by atoms with van der Waals surface area (Å²) in [6, 6.07) is 21.6. The molecule has 3 nitrogen and oxygen atoms in total. The van der Waals surface area contributed by atoms with Gasteiger partial charge in [0.15, 0.2) is 0 Å². The number of phenolic OH excluding ortho intramolecular Hbond substituents is 2. The molecule has 0 spiro atoms. The van der Waals surface area contributed by atoms with Crippen LogP contribution in [0.15, 0.2) is 66.7 Å². The fourth-order valence-corrected chi connectivity index (χ4v) is 6.22. The molecule has 1 fully saturated rings. The third kappa shape index (κ3) is 6.40. The Morgan fingerprint density at radius 1 is 0.763 bits per heavy atom. The first-order valence-corrected chi connectivity index (χ1v) is 14.3. The van der Waals surface area contributed by atoms with E-state index < -0.39 is 0 Å². The SMILES string of the molecule is Oc1cccc(C2=C(c3ccc(OC4CCC(CCCCCF)CC4)cc3)c3ccc(O)cc3CCC2)c1. The van der Waals surface area contributed by atoms with Crippen LogP contribution in [0.5, 0.6) is 17.2 Å². The fraction of sp³-hybridized carbons (Fsp3) is 0.412. The van der Waals surface area contributed by atoms with Gasteiger partial charge in [0, 0.05) is 0 Å². The minimum atomic E-state index is -0.191. The predicted octanol–water partition coefficient (Wildman–Crippen LogP) is 8.86. The number of ether oxygens (including phenoxy) is 1. The first-order valence-electron chi connectivity index (χ1n) is 14.3. The molecule has 0 bridgehead atoms.